The standard InChI is InChI=1S/C10H12N6/c1-6(5-11)14-9-8-7(3-2-4-13-8)15-10(12)16-9/h2-4H,5,11H2,1H3,(H2,12,15,16). The number of rotatable bonds is 2. The highest BCUT2D eigenvalue weighted by atomic mass is 15.1. The summed E-state index contributed by atoms with van der Waals surface area (Å²) in [6.45, 7) is 2.20. The molecule has 0 aliphatic carbocycles. The van der Waals surface area contributed by atoms with E-state index in [2.05, 4.69) is 19.9 Å². The molecule has 0 saturated carbocycles. The lowest BCUT2D eigenvalue weighted by molar-refractivity contribution is 1.18. The summed E-state index contributed by atoms with van der Waals surface area (Å²) in [5.74, 6) is 0.648. The summed E-state index contributed by atoms with van der Waals surface area (Å²) < 4.78 is 0. The molecule has 2 rings (SSSR count). The number of aliphatic imine (C=N–C) groups is 1. The van der Waals surface area contributed by atoms with Crippen molar-refractivity contribution in [2.24, 2.45) is 10.7 Å². The van der Waals surface area contributed by atoms with Crippen LogP contribution in [0.25, 0.3) is 11.0 Å². The Labute approximate surface area is 92.4 Å². The Morgan fingerprint density at radius 2 is 2.25 bits per heavy atom. The van der Waals surface area contributed by atoms with Crippen LogP contribution in [0.3, 0.4) is 0 Å². The van der Waals surface area contributed by atoms with Crippen LogP contribution in [-0.4, -0.2) is 27.2 Å². The number of pyridine rings is 1. The van der Waals surface area contributed by atoms with Crippen molar-refractivity contribution in [3.63, 3.8) is 0 Å². The highest BCUT2D eigenvalue weighted by Gasteiger charge is 2.05. The Kier molecular flexibility index (Phi) is 2.74. The summed E-state index contributed by atoms with van der Waals surface area (Å²) in [5, 5.41) is 0. The second kappa shape index (κ2) is 4.19. The zero-order chi connectivity index (χ0) is 11.5. The fraction of sp³-hybridized carbons (Fsp3) is 0.200. The van der Waals surface area contributed by atoms with Gasteiger partial charge in [-0.1, -0.05) is 0 Å². The third kappa shape index (κ3) is 1.96. The van der Waals surface area contributed by atoms with Gasteiger partial charge in [0, 0.05) is 18.5 Å². The summed E-state index contributed by atoms with van der Waals surface area (Å²) in [6, 6.07) is 3.61. The molecule has 0 bridgehead atoms. The van der Waals surface area contributed by atoms with Gasteiger partial charge in [-0.25, -0.2) is 9.98 Å². The van der Waals surface area contributed by atoms with Crippen molar-refractivity contribution in [1.82, 2.24) is 15.0 Å². The molecule has 0 atom stereocenters. The van der Waals surface area contributed by atoms with Gasteiger partial charge in [0.25, 0.3) is 0 Å². The van der Waals surface area contributed by atoms with Crippen molar-refractivity contribution in [2.75, 3.05) is 12.3 Å². The van der Waals surface area contributed by atoms with Crippen LogP contribution in [-0.2, 0) is 0 Å². The maximum absolute atomic E-state index is 5.59. The van der Waals surface area contributed by atoms with Crippen molar-refractivity contribution in [3.05, 3.63) is 18.3 Å². The normalized spacial score (nSPS) is 12.0. The SMILES string of the molecule is CC(CN)=Nc1nc(N)nc2cccnc12. The second-order valence-corrected chi connectivity index (χ2v) is 3.33. The van der Waals surface area contributed by atoms with Gasteiger partial charge in [0.15, 0.2) is 5.82 Å². The number of hydrogen-bond acceptors (Lipinski definition) is 6. The number of nitrogens with zero attached hydrogens (tertiary/aromatic N) is 4. The zero-order valence-electron chi connectivity index (χ0n) is 8.88. The largest absolute Gasteiger partial charge is 0.368 e. The monoisotopic (exact) mass is 216 g/mol. The molecule has 0 aliphatic heterocycles. The maximum Gasteiger partial charge on any atom is 0.222 e. The lowest BCUT2D eigenvalue weighted by Crippen LogP contribution is -2.09. The first-order chi connectivity index (χ1) is 7.70. The van der Waals surface area contributed by atoms with Crippen LogP contribution >= 0.6 is 0 Å². The predicted octanol–water partition coefficient (Wildman–Crippen LogP) is 0.658. The fourth-order valence-electron chi connectivity index (χ4n) is 1.27. The molecule has 0 aliphatic rings. The van der Waals surface area contributed by atoms with Gasteiger partial charge < -0.3 is 11.5 Å². The fourth-order valence-corrected chi connectivity index (χ4v) is 1.27. The van der Waals surface area contributed by atoms with Crippen LogP contribution in [0.1, 0.15) is 6.92 Å². The minimum atomic E-state index is 0.184. The Balaban J connectivity index is 2.68. The van der Waals surface area contributed by atoms with E-state index in [1.165, 1.54) is 0 Å². The van der Waals surface area contributed by atoms with Crippen molar-refractivity contribution in [2.45, 2.75) is 6.92 Å². The van der Waals surface area contributed by atoms with E-state index in [0.717, 1.165) is 5.71 Å². The van der Waals surface area contributed by atoms with Gasteiger partial charge in [0.05, 0.1) is 5.52 Å². The molecule has 0 amide bonds. The molecule has 0 fully saturated rings. The predicted molar refractivity (Wildman–Crippen MR) is 63.6 cm³/mol. The Morgan fingerprint density at radius 3 is 3.00 bits per heavy atom. The zero-order valence-corrected chi connectivity index (χ0v) is 8.88. The molecule has 82 valence electrons. The van der Waals surface area contributed by atoms with E-state index in [1.807, 2.05) is 13.0 Å². The van der Waals surface area contributed by atoms with Crippen LogP contribution < -0.4 is 11.5 Å². The van der Waals surface area contributed by atoms with Gasteiger partial charge in [0.1, 0.15) is 5.52 Å². The second-order valence-electron chi connectivity index (χ2n) is 3.33. The van der Waals surface area contributed by atoms with Crippen LogP contribution in [0, 0.1) is 0 Å². The number of nitrogens with two attached hydrogens (primary N) is 2. The van der Waals surface area contributed by atoms with Gasteiger partial charge in [-0.05, 0) is 19.1 Å². The van der Waals surface area contributed by atoms with Gasteiger partial charge in [-0.2, -0.15) is 4.98 Å². The van der Waals surface area contributed by atoms with E-state index < -0.39 is 0 Å². The molecule has 0 unspecified atom stereocenters. The lowest BCUT2D eigenvalue weighted by Gasteiger charge is -2.02. The van der Waals surface area contributed by atoms with E-state index in [0.29, 0.717) is 23.4 Å². The van der Waals surface area contributed by atoms with Crippen molar-refractivity contribution >= 4 is 28.5 Å². The number of aromatic nitrogens is 3. The summed E-state index contributed by atoms with van der Waals surface area (Å²) in [6.07, 6.45) is 1.67. The van der Waals surface area contributed by atoms with Crippen LogP contribution in [0.5, 0.6) is 0 Å². The van der Waals surface area contributed by atoms with E-state index in [-0.39, 0.29) is 5.95 Å². The third-order valence-corrected chi connectivity index (χ3v) is 2.05. The molecule has 4 N–H and O–H groups in total. The lowest BCUT2D eigenvalue weighted by atomic mass is 10.3. The molecule has 2 aromatic heterocycles. The Hall–Kier alpha value is -2.08. The molecule has 0 spiro atoms. The minimum Gasteiger partial charge on any atom is -0.368 e. The molecule has 0 radical (unpaired) electrons. The molecule has 0 aromatic carbocycles. The molecule has 6 heteroatoms. The highest BCUT2D eigenvalue weighted by Crippen LogP contribution is 2.20. The van der Waals surface area contributed by atoms with Crippen LogP contribution in [0.15, 0.2) is 23.3 Å². The van der Waals surface area contributed by atoms with Gasteiger partial charge in [-0.3, -0.25) is 4.98 Å². The molecular formula is C10H12N6. The Bertz CT molecular complexity index is 548. The summed E-state index contributed by atoms with van der Waals surface area (Å²) >= 11 is 0. The first kappa shape index (κ1) is 10.4. The summed E-state index contributed by atoms with van der Waals surface area (Å²) in [7, 11) is 0. The summed E-state index contributed by atoms with van der Waals surface area (Å²) in [5.41, 5.74) is 13.1. The van der Waals surface area contributed by atoms with Gasteiger partial charge in [-0.15, -0.1) is 0 Å². The quantitative estimate of drug-likeness (QED) is 0.717. The number of fused-ring (bicyclic) bond motifs is 1. The van der Waals surface area contributed by atoms with Gasteiger partial charge in [0.2, 0.25) is 5.95 Å². The van der Waals surface area contributed by atoms with E-state index in [1.54, 1.807) is 12.3 Å². The first-order valence-corrected chi connectivity index (χ1v) is 4.83. The van der Waals surface area contributed by atoms with Crippen molar-refractivity contribution in [1.29, 1.82) is 0 Å². The van der Waals surface area contributed by atoms with Crippen molar-refractivity contribution in [3.8, 4) is 0 Å². The molecule has 2 heterocycles. The first-order valence-electron chi connectivity index (χ1n) is 4.83. The van der Waals surface area contributed by atoms with Crippen LogP contribution in [0.4, 0.5) is 11.8 Å². The van der Waals surface area contributed by atoms with E-state index in [4.69, 9.17) is 11.5 Å². The maximum atomic E-state index is 5.59. The third-order valence-electron chi connectivity index (χ3n) is 2.05. The molecule has 0 saturated heterocycles. The number of hydrogen-bond donors (Lipinski definition) is 2. The van der Waals surface area contributed by atoms with E-state index >= 15 is 0 Å². The average molecular weight is 216 g/mol. The van der Waals surface area contributed by atoms with Crippen molar-refractivity contribution < 1.29 is 0 Å². The summed E-state index contributed by atoms with van der Waals surface area (Å²) in [4.78, 5) is 16.6. The Morgan fingerprint density at radius 1 is 1.44 bits per heavy atom. The average Bonchev–Trinajstić information content (AvgIpc) is 2.28. The highest BCUT2D eigenvalue weighted by molar-refractivity contribution is 5.91. The topological polar surface area (TPSA) is 103 Å². The molecule has 16 heavy (non-hydrogen) atoms. The number of anilines is 1. The molecular weight excluding hydrogens is 204 g/mol. The van der Waals surface area contributed by atoms with Crippen LogP contribution in [0.2, 0.25) is 0 Å². The van der Waals surface area contributed by atoms with Gasteiger partial charge >= 0.3 is 0 Å². The smallest absolute Gasteiger partial charge is 0.222 e. The van der Waals surface area contributed by atoms with E-state index in [9.17, 15) is 0 Å². The number of nitrogen functional groups attached to an aromatic ring is 1. The molecule has 2 aromatic rings. The minimum absolute atomic E-state index is 0.184. The molecule has 6 nitrogen and oxygen atoms in total.